The Bertz CT molecular complexity index is 1130. The first kappa shape index (κ1) is 19.7. The Kier molecular flexibility index (Phi) is 5.55. The standard InChI is InChI=1S/C19H13BrF2N2O4/c1-10-23-17(28-9-12-5-6-13(21)8-15(12)22)16(20)18(25)24(10)14-4-2-3-11(7-14)19(26)27/h2-8H,9H2,1H3,(H,26,27). The summed E-state index contributed by atoms with van der Waals surface area (Å²) in [5.74, 6) is -2.42. The van der Waals surface area contributed by atoms with Gasteiger partial charge in [-0.1, -0.05) is 6.07 Å². The van der Waals surface area contributed by atoms with Crippen molar-refractivity contribution in [1.82, 2.24) is 9.55 Å². The van der Waals surface area contributed by atoms with Crippen LogP contribution < -0.4 is 10.3 Å². The Balaban J connectivity index is 1.95. The van der Waals surface area contributed by atoms with Crippen LogP contribution in [0.4, 0.5) is 8.78 Å². The van der Waals surface area contributed by atoms with Crippen LogP contribution in [0.3, 0.4) is 0 Å². The summed E-state index contributed by atoms with van der Waals surface area (Å²) in [5, 5.41) is 9.12. The minimum absolute atomic E-state index is 0.0126. The first-order chi connectivity index (χ1) is 13.3. The second kappa shape index (κ2) is 7.89. The topological polar surface area (TPSA) is 81.4 Å². The van der Waals surface area contributed by atoms with Gasteiger partial charge in [-0.05, 0) is 53.2 Å². The lowest BCUT2D eigenvalue weighted by Crippen LogP contribution is -2.24. The summed E-state index contributed by atoms with van der Waals surface area (Å²) in [4.78, 5) is 28.1. The molecule has 0 aliphatic rings. The summed E-state index contributed by atoms with van der Waals surface area (Å²) in [6.45, 7) is 1.29. The maximum absolute atomic E-state index is 13.7. The van der Waals surface area contributed by atoms with E-state index >= 15 is 0 Å². The van der Waals surface area contributed by atoms with Gasteiger partial charge >= 0.3 is 5.97 Å². The highest BCUT2D eigenvalue weighted by molar-refractivity contribution is 9.10. The zero-order chi connectivity index (χ0) is 20.4. The van der Waals surface area contributed by atoms with Gasteiger partial charge in [-0.2, -0.15) is 4.98 Å². The molecule has 3 rings (SSSR count). The van der Waals surface area contributed by atoms with Crippen LogP contribution in [0.1, 0.15) is 21.7 Å². The Morgan fingerprint density at radius 3 is 2.68 bits per heavy atom. The number of carboxylic acid groups (broad SMARTS) is 1. The fourth-order valence-corrected chi connectivity index (χ4v) is 2.93. The Morgan fingerprint density at radius 1 is 1.25 bits per heavy atom. The van der Waals surface area contributed by atoms with Gasteiger partial charge in [0.1, 0.15) is 28.5 Å². The van der Waals surface area contributed by atoms with Crippen molar-refractivity contribution in [2.45, 2.75) is 13.5 Å². The van der Waals surface area contributed by atoms with E-state index in [1.54, 1.807) is 13.0 Å². The number of aryl methyl sites for hydroxylation is 1. The SMILES string of the molecule is Cc1nc(OCc2ccc(F)cc2F)c(Br)c(=O)n1-c1cccc(C(=O)O)c1. The van der Waals surface area contributed by atoms with Crippen molar-refractivity contribution < 1.29 is 23.4 Å². The molecule has 0 aliphatic carbocycles. The molecule has 3 aromatic rings. The summed E-state index contributed by atoms with van der Waals surface area (Å²) >= 11 is 3.12. The largest absolute Gasteiger partial charge is 0.478 e. The minimum atomic E-state index is -1.12. The molecule has 1 N–H and O–H groups in total. The van der Waals surface area contributed by atoms with E-state index in [-0.39, 0.29) is 33.9 Å². The van der Waals surface area contributed by atoms with Crippen molar-refractivity contribution in [2.24, 2.45) is 0 Å². The predicted molar refractivity (Wildman–Crippen MR) is 99.9 cm³/mol. The molecule has 6 nitrogen and oxygen atoms in total. The average Bonchev–Trinajstić information content (AvgIpc) is 2.65. The molecule has 0 radical (unpaired) electrons. The number of hydrogen-bond acceptors (Lipinski definition) is 4. The second-order valence-electron chi connectivity index (χ2n) is 5.80. The highest BCUT2D eigenvalue weighted by atomic mass is 79.9. The summed E-state index contributed by atoms with van der Waals surface area (Å²) in [6.07, 6.45) is 0. The number of aromatic nitrogens is 2. The molecular weight excluding hydrogens is 438 g/mol. The fraction of sp³-hybridized carbons (Fsp3) is 0.105. The average molecular weight is 451 g/mol. The number of rotatable bonds is 5. The van der Waals surface area contributed by atoms with Gasteiger partial charge in [0.25, 0.3) is 5.56 Å². The Morgan fingerprint density at radius 2 is 2.00 bits per heavy atom. The fourth-order valence-electron chi connectivity index (χ4n) is 2.55. The van der Waals surface area contributed by atoms with E-state index in [9.17, 15) is 18.4 Å². The van der Waals surface area contributed by atoms with E-state index in [1.165, 1.54) is 28.8 Å². The van der Waals surface area contributed by atoms with Crippen molar-refractivity contribution >= 4 is 21.9 Å². The number of halogens is 3. The van der Waals surface area contributed by atoms with Gasteiger partial charge in [-0.25, -0.2) is 13.6 Å². The monoisotopic (exact) mass is 450 g/mol. The van der Waals surface area contributed by atoms with Gasteiger partial charge in [0, 0.05) is 11.6 Å². The molecule has 0 bridgehead atoms. The zero-order valence-corrected chi connectivity index (χ0v) is 16.0. The molecule has 0 atom stereocenters. The number of hydrogen-bond donors (Lipinski definition) is 1. The first-order valence-corrected chi connectivity index (χ1v) is 8.77. The number of carboxylic acids is 1. The maximum Gasteiger partial charge on any atom is 0.335 e. The van der Waals surface area contributed by atoms with Crippen LogP contribution in [-0.4, -0.2) is 20.6 Å². The lowest BCUT2D eigenvalue weighted by atomic mass is 10.2. The maximum atomic E-state index is 13.7. The van der Waals surface area contributed by atoms with E-state index in [2.05, 4.69) is 20.9 Å². The van der Waals surface area contributed by atoms with Crippen LogP contribution >= 0.6 is 15.9 Å². The number of benzene rings is 2. The molecule has 9 heteroatoms. The number of ether oxygens (including phenoxy) is 1. The van der Waals surface area contributed by atoms with Crippen LogP contribution in [0.2, 0.25) is 0 Å². The summed E-state index contributed by atoms with van der Waals surface area (Å²) in [7, 11) is 0. The van der Waals surface area contributed by atoms with Crippen molar-refractivity contribution in [3.05, 3.63) is 85.9 Å². The van der Waals surface area contributed by atoms with Crippen molar-refractivity contribution in [3.8, 4) is 11.6 Å². The smallest absolute Gasteiger partial charge is 0.335 e. The lowest BCUT2D eigenvalue weighted by molar-refractivity contribution is 0.0697. The van der Waals surface area contributed by atoms with Crippen molar-refractivity contribution in [1.29, 1.82) is 0 Å². The zero-order valence-electron chi connectivity index (χ0n) is 14.4. The van der Waals surface area contributed by atoms with Gasteiger partial charge in [0.05, 0.1) is 11.3 Å². The Hall–Kier alpha value is -3.07. The quantitative estimate of drug-likeness (QED) is 0.638. The van der Waals surface area contributed by atoms with Crippen LogP contribution in [0.15, 0.2) is 51.7 Å². The Labute approximate surface area is 166 Å². The van der Waals surface area contributed by atoms with Crippen LogP contribution in [0.5, 0.6) is 5.88 Å². The molecule has 0 unspecified atom stereocenters. The molecule has 144 valence electrons. The van der Waals surface area contributed by atoms with Gasteiger partial charge < -0.3 is 9.84 Å². The molecule has 0 amide bonds. The lowest BCUT2D eigenvalue weighted by Gasteiger charge is -2.14. The van der Waals surface area contributed by atoms with Crippen LogP contribution in [0, 0.1) is 18.6 Å². The molecule has 28 heavy (non-hydrogen) atoms. The molecule has 1 heterocycles. The molecule has 0 spiro atoms. The van der Waals surface area contributed by atoms with E-state index in [0.29, 0.717) is 5.69 Å². The van der Waals surface area contributed by atoms with Gasteiger partial charge in [0.2, 0.25) is 5.88 Å². The highest BCUT2D eigenvalue weighted by Gasteiger charge is 2.17. The van der Waals surface area contributed by atoms with E-state index in [1.807, 2.05) is 0 Å². The van der Waals surface area contributed by atoms with E-state index in [4.69, 9.17) is 9.84 Å². The molecular formula is C19H13BrF2N2O4. The summed E-state index contributed by atoms with van der Waals surface area (Å²) < 4.78 is 33.4. The molecule has 0 fully saturated rings. The number of carbonyl (C=O) groups is 1. The third kappa shape index (κ3) is 3.94. The van der Waals surface area contributed by atoms with Crippen LogP contribution in [-0.2, 0) is 6.61 Å². The highest BCUT2D eigenvalue weighted by Crippen LogP contribution is 2.22. The van der Waals surface area contributed by atoms with E-state index < -0.39 is 23.2 Å². The third-order valence-electron chi connectivity index (χ3n) is 3.90. The summed E-state index contributed by atoms with van der Waals surface area (Å²) in [5.41, 5.74) is -0.0746. The molecule has 1 aromatic heterocycles. The molecule has 2 aromatic carbocycles. The minimum Gasteiger partial charge on any atom is -0.478 e. The van der Waals surface area contributed by atoms with Crippen LogP contribution in [0.25, 0.3) is 5.69 Å². The summed E-state index contributed by atoms with van der Waals surface area (Å²) in [6, 6.07) is 8.92. The number of aromatic carboxylic acids is 1. The number of nitrogens with zero attached hydrogens (tertiary/aromatic N) is 2. The van der Waals surface area contributed by atoms with Gasteiger partial charge in [-0.3, -0.25) is 9.36 Å². The van der Waals surface area contributed by atoms with E-state index in [0.717, 1.165) is 12.1 Å². The first-order valence-electron chi connectivity index (χ1n) is 7.97. The molecule has 0 aliphatic heterocycles. The normalized spacial score (nSPS) is 10.7. The van der Waals surface area contributed by atoms with Gasteiger partial charge in [0.15, 0.2) is 0 Å². The van der Waals surface area contributed by atoms with Crippen molar-refractivity contribution in [2.75, 3.05) is 0 Å². The van der Waals surface area contributed by atoms with Gasteiger partial charge in [-0.15, -0.1) is 0 Å². The predicted octanol–water partition coefficient (Wildman–Crippen LogP) is 3.86. The third-order valence-corrected chi connectivity index (χ3v) is 4.57. The van der Waals surface area contributed by atoms with Crippen molar-refractivity contribution in [3.63, 3.8) is 0 Å². The second-order valence-corrected chi connectivity index (χ2v) is 6.59. The molecule has 0 saturated heterocycles. The molecule has 0 saturated carbocycles.